The lowest BCUT2D eigenvalue weighted by Crippen LogP contribution is -2.26. The molecule has 0 saturated heterocycles. The van der Waals surface area contributed by atoms with Crippen LogP contribution in [0.1, 0.15) is 20.7 Å². The van der Waals surface area contributed by atoms with Gasteiger partial charge < -0.3 is 10.6 Å². The number of benzene rings is 2. The van der Waals surface area contributed by atoms with Gasteiger partial charge >= 0.3 is 0 Å². The lowest BCUT2D eigenvalue weighted by Gasteiger charge is -2.17. The number of pyridine rings is 1. The highest BCUT2D eigenvalue weighted by atomic mass is 35.5. The Morgan fingerprint density at radius 1 is 1.00 bits per heavy atom. The van der Waals surface area contributed by atoms with E-state index in [1.807, 2.05) is 12.1 Å². The largest absolute Gasteiger partial charge is 0.366 e. The molecule has 2 heterocycles. The monoisotopic (exact) mass is 404 g/mol. The summed E-state index contributed by atoms with van der Waals surface area (Å²) in [4.78, 5) is 25.8. The molecule has 2 aromatic heterocycles. The molecule has 0 fully saturated rings. The van der Waals surface area contributed by atoms with Crippen molar-refractivity contribution >= 4 is 34.6 Å². The fraction of sp³-hybridized carbons (Fsp3) is 0.0455. The third-order valence-corrected chi connectivity index (χ3v) is 5.02. The van der Waals surface area contributed by atoms with Crippen LogP contribution < -0.4 is 10.6 Å². The van der Waals surface area contributed by atoms with E-state index in [-0.39, 0.29) is 5.91 Å². The van der Waals surface area contributed by atoms with Gasteiger partial charge in [-0.05, 0) is 54.1 Å². The molecule has 0 saturated carbocycles. The zero-order valence-corrected chi connectivity index (χ0v) is 16.3. The van der Waals surface area contributed by atoms with Gasteiger partial charge in [0.1, 0.15) is 0 Å². The molecule has 6 nitrogen and oxygen atoms in total. The fourth-order valence-electron chi connectivity index (χ4n) is 3.13. The van der Waals surface area contributed by atoms with Crippen LogP contribution in [-0.4, -0.2) is 28.5 Å². The van der Waals surface area contributed by atoms with Gasteiger partial charge in [0.25, 0.3) is 5.91 Å². The molecule has 0 atom stereocenters. The third kappa shape index (κ3) is 3.58. The van der Waals surface area contributed by atoms with E-state index in [0.717, 1.165) is 22.3 Å². The molecule has 0 aliphatic heterocycles. The second-order valence-corrected chi connectivity index (χ2v) is 7.02. The lowest BCUT2D eigenvalue weighted by atomic mass is 10.0. The number of halogens is 1. The summed E-state index contributed by atoms with van der Waals surface area (Å²) in [6.07, 6.45) is 3.48. The van der Waals surface area contributed by atoms with Gasteiger partial charge in [-0.2, -0.15) is 5.10 Å². The van der Waals surface area contributed by atoms with Crippen molar-refractivity contribution in [2.45, 2.75) is 0 Å². The molecule has 0 radical (unpaired) electrons. The average Bonchev–Trinajstić information content (AvgIpc) is 3.16. The summed E-state index contributed by atoms with van der Waals surface area (Å²) in [5.74, 6) is -0.624. The standard InChI is InChI=1S/C22H17ClN4O2/c1-26(18-8-6-17(23)7-9-18)22(29)16-10-11-27-20(12-16)19(13-25-27)14-2-4-15(5-3-14)21(24)28/h2-13H,1H3,(H2,24,28). The SMILES string of the molecule is CN(C(=O)c1ccn2ncc(-c3ccc(C(N)=O)cc3)c2c1)c1ccc(Cl)cc1. The van der Waals surface area contributed by atoms with Crippen LogP contribution >= 0.6 is 11.6 Å². The number of carbonyl (C=O) groups excluding carboxylic acids is 2. The summed E-state index contributed by atoms with van der Waals surface area (Å²) in [6.45, 7) is 0. The molecule has 0 aliphatic carbocycles. The van der Waals surface area contributed by atoms with Crippen molar-refractivity contribution in [1.82, 2.24) is 9.61 Å². The van der Waals surface area contributed by atoms with E-state index in [1.54, 1.807) is 77.4 Å². The van der Waals surface area contributed by atoms with E-state index in [0.29, 0.717) is 16.1 Å². The van der Waals surface area contributed by atoms with Gasteiger partial charge in [0, 0.05) is 40.6 Å². The van der Waals surface area contributed by atoms with Crippen LogP contribution in [0.25, 0.3) is 16.6 Å². The van der Waals surface area contributed by atoms with Crippen molar-refractivity contribution in [3.63, 3.8) is 0 Å². The van der Waals surface area contributed by atoms with Gasteiger partial charge in [0.05, 0.1) is 11.7 Å². The number of aromatic nitrogens is 2. The van der Waals surface area contributed by atoms with E-state index in [4.69, 9.17) is 17.3 Å². The van der Waals surface area contributed by atoms with Crippen LogP contribution in [0.15, 0.2) is 73.1 Å². The molecule has 2 amide bonds. The predicted molar refractivity (Wildman–Crippen MR) is 113 cm³/mol. The normalized spacial score (nSPS) is 10.8. The topological polar surface area (TPSA) is 80.7 Å². The zero-order chi connectivity index (χ0) is 20.5. The first-order valence-corrected chi connectivity index (χ1v) is 9.23. The molecule has 144 valence electrons. The Morgan fingerprint density at radius 3 is 2.34 bits per heavy atom. The quantitative estimate of drug-likeness (QED) is 0.557. The molecule has 2 N–H and O–H groups in total. The van der Waals surface area contributed by atoms with E-state index in [9.17, 15) is 9.59 Å². The van der Waals surface area contributed by atoms with Crippen molar-refractivity contribution in [2.24, 2.45) is 5.73 Å². The number of carbonyl (C=O) groups is 2. The van der Waals surface area contributed by atoms with Gasteiger partial charge in [0.2, 0.25) is 5.91 Å². The minimum atomic E-state index is -0.477. The number of rotatable bonds is 4. The molecule has 0 unspecified atom stereocenters. The lowest BCUT2D eigenvalue weighted by molar-refractivity contribution is 0.0988. The molecule has 0 spiro atoms. The number of nitrogens with two attached hydrogens (primary N) is 1. The van der Waals surface area contributed by atoms with Crippen molar-refractivity contribution in [3.8, 4) is 11.1 Å². The maximum atomic E-state index is 13.0. The summed E-state index contributed by atoms with van der Waals surface area (Å²) in [6, 6.07) is 17.6. The van der Waals surface area contributed by atoms with Crippen LogP contribution in [0.2, 0.25) is 5.02 Å². The van der Waals surface area contributed by atoms with Crippen LogP contribution in [0.4, 0.5) is 5.69 Å². The Labute approximate surface area is 172 Å². The maximum Gasteiger partial charge on any atom is 0.258 e. The second kappa shape index (κ2) is 7.41. The van der Waals surface area contributed by atoms with Crippen molar-refractivity contribution in [1.29, 1.82) is 0 Å². The van der Waals surface area contributed by atoms with Crippen LogP contribution in [0.5, 0.6) is 0 Å². The molecule has 4 aromatic rings. The molecule has 2 aromatic carbocycles. The molecule has 7 heteroatoms. The first kappa shape index (κ1) is 18.7. The highest BCUT2D eigenvalue weighted by Crippen LogP contribution is 2.26. The molecule has 0 bridgehead atoms. The molecular weight excluding hydrogens is 388 g/mol. The smallest absolute Gasteiger partial charge is 0.258 e. The Hall–Kier alpha value is -3.64. The Balaban J connectivity index is 1.70. The third-order valence-electron chi connectivity index (χ3n) is 4.77. The summed E-state index contributed by atoms with van der Waals surface area (Å²) in [5.41, 5.74) is 9.53. The Bertz CT molecular complexity index is 1210. The summed E-state index contributed by atoms with van der Waals surface area (Å²) in [5, 5.41) is 4.96. The highest BCUT2D eigenvalue weighted by molar-refractivity contribution is 6.30. The van der Waals surface area contributed by atoms with Crippen LogP contribution in [0.3, 0.4) is 0 Å². The van der Waals surface area contributed by atoms with Crippen LogP contribution in [0, 0.1) is 0 Å². The van der Waals surface area contributed by atoms with Gasteiger partial charge in [-0.15, -0.1) is 0 Å². The van der Waals surface area contributed by atoms with Gasteiger partial charge in [-0.3, -0.25) is 9.59 Å². The second-order valence-electron chi connectivity index (χ2n) is 6.59. The number of nitrogens with zero attached hydrogens (tertiary/aromatic N) is 3. The van der Waals surface area contributed by atoms with E-state index >= 15 is 0 Å². The number of anilines is 1. The number of primary amides is 1. The summed E-state index contributed by atoms with van der Waals surface area (Å²) >= 11 is 5.93. The molecule has 29 heavy (non-hydrogen) atoms. The van der Waals surface area contributed by atoms with Crippen molar-refractivity contribution in [3.05, 3.63) is 89.2 Å². The van der Waals surface area contributed by atoms with Gasteiger partial charge in [-0.1, -0.05) is 23.7 Å². The van der Waals surface area contributed by atoms with E-state index in [2.05, 4.69) is 5.10 Å². The Morgan fingerprint density at radius 2 is 1.69 bits per heavy atom. The maximum absolute atomic E-state index is 13.0. The van der Waals surface area contributed by atoms with Crippen LogP contribution in [-0.2, 0) is 0 Å². The van der Waals surface area contributed by atoms with Gasteiger partial charge in [0.15, 0.2) is 0 Å². The average molecular weight is 405 g/mol. The van der Waals surface area contributed by atoms with E-state index < -0.39 is 5.91 Å². The number of hydrogen-bond acceptors (Lipinski definition) is 3. The number of hydrogen-bond donors (Lipinski definition) is 1. The molecule has 4 rings (SSSR count). The van der Waals surface area contributed by atoms with E-state index in [1.165, 1.54) is 0 Å². The fourth-order valence-corrected chi connectivity index (χ4v) is 3.25. The predicted octanol–water partition coefficient (Wildman–Crippen LogP) is 4.03. The van der Waals surface area contributed by atoms with Crippen molar-refractivity contribution < 1.29 is 9.59 Å². The summed E-state index contributed by atoms with van der Waals surface area (Å²) in [7, 11) is 1.72. The highest BCUT2D eigenvalue weighted by Gasteiger charge is 2.16. The number of amides is 2. The molecule has 0 aliphatic rings. The first-order valence-electron chi connectivity index (χ1n) is 8.85. The zero-order valence-electron chi connectivity index (χ0n) is 15.5. The van der Waals surface area contributed by atoms with Crippen molar-refractivity contribution in [2.75, 3.05) is 11.9 Å². The number of fused-ring (bicyclic) bond motifs is 1. The first-order chi connectivity index (χ1) is 13.9. The molecular formula is C22H17ClN4O2. The van der Waals surface area contributed by atoms with Gasteiger partial charge in [-0.25, -0.2) is 4.52 Å². The minimum Gasteiger partial charge on any atom is -0.366 e. The Kier molecular flexibility index (Phi) is 4.78. The summed E-state index contributed by atoms with van der Waals surface area (Å²) < 4.78 is 1.70. The minimum absolute atomic E-state index is 0.147.